The normalized spacial score (nSPS) is 16.1. The topological polar surface area (TPSA) is 28.4 Å². The smallest absolute Gasteiger partial charge is 0.0762 e. The van der Waals surface area contributed by atoms with Crippen molar-refractivity contribution in [2.24, 2.45) is 0 Å². The molecule has 0 saturated carbocycles. The van der Waals surface area contributed by atoms with Crippen LogP contribution in [0.25, 0.3) is 10.9 Å². The Labute approximate surface area is 149 Å². The van der Waals surface area contributed by atoms with E-state index >= 15 is 0 Å². The quantitative estimate of drug-likeness (QED) is 0.783. The van der Waals surface area contributed by atoms with Gasteiger partial charge >= 0.3 is 0 Å². The van der Waals surface area contributed by atoms with Crippen LogP contribution in [0.1, 0.15) is 35.4 Å². The van der Waals surface area contributed by atoms with Gasteiger partial charge < -0.3 is 14.6 Å². The Bertz CT molecular complexity index is 880. The van der Waals surface area contributed by atoms with Crippen molar-refractivity contribution in [1.82, 2.24) is 9.47 Å². The predicted octanol–water partition coefficient (Wildman–Crippen LogP) is 3.93. The van der Waals surface area contributed by atoms with Crippen LogP contribution in [0, 0.1) is 0 Å². The van der Waals surface area contributed by atoms with Gasteiger partial charge in [-0.05, 0) is 49.2 Å². The lowest BCUT2D eigenvalue weighted by atomic mass is 10.0. The third-order valence-electron chi connectivity index (χ3n) is 5.42. The summed E-state index contributed by atoms with van der Waals surface area (Å²) in [6.45, 7) is 4.95. The first-order valence-electron chi connectivity index (χ1n) is 9.18. The van der Waals surface area contributed by atoms with Crippen LogP contribution < -0.4 is 0 Å². The molecule has 0 amide bonds. The van der Waals surface area contributed by atoms with E-state index in [0.29, 0.717) is 0 Å². The molecule has 130 valence electrons. The summed E-state index contributed by atoms with van der Waals surface area (Å²) in [5.41, 5.74) is 6.61. The van der Waals surface area contributed by atoms with E-state index in [9.17, 15) is 5.11 Å². The molecule has 1 N–H and O–H groups in total. The molecule has 0 spiro atoms. The van der Waals surface area contributed by atoms with Crippen LogP contribution in [0.15, 0.2) is 48.5 Å². The number of rotatable bonds is 4. The molecular formula is C22H26N2O. The van der Waals surface area contributed by atoms with Gasteiger partial charge in [-0.15, -0.1) is 0 Å². The van der Waals surface area contributed by atoms with E-state index in [1.165, 1.54) is 27.7 Å². The van der Waals surface area contributed by atoms with E-state index < -0.39 is 6.10 Å². The maximum Gasteiger partial charge on any atom is 0.0762 e. The average Bonchev–Trinajstić information content (AvgIpc) is 2.93. The summed E-state index contributed by atoms with van der Waals surface area (Å²) in [4.78, 5) is 2.39. The first kappa shape index (κ1) is 16.4. The van der Waals surface area contributed by atoms with E-state index in [1.54, 1.807) is 0 Å². The molecule has 25 heavy (non-hydrogen) atoms. The Hall–Kier alpha value is -2.10. The van der Waals surface area contributed by atoms with Gasteiger partial charge in [-0.1, -0.05) is 36.4 Å². The lowest BCUT2D eigenvalue weighted by Gasteiger charge is -2.24. The molecule has 3 aromatic rings. The fourth-order valence-corrected chi connectivity index (χ4v) is 4.00. The van der Waals surface area contributed by atoms with Gasteiger partial charge in [0.2, 0.25) is 0 Å². The van der Waals surface area contributed by atoms with E-state index in [4.69, 9.17) is 0 Å². The molecule has 1 aromatic heterocycles. The SMILES string of the molecule is CC(O)c1ccc2c(c1)c1c(n2CCc2ccccc2)CCN(C)C1. The molecule has 2 aromatic carbocycles. The molecule has 0 radical (unpaired) electrons. The average molecular weight is 334 g/mol. The van der Waals surface area contributed by atoms with Crippen molar-refractivity contribution in [2.45, 2.75) is 39.0 Å². The Kier molecular flexibility index (Phi) is 4.36. The van der Waals surface area contributed by atoms with Crippen LogP contribution >= 0.6 is 0 Å². The lowest BCUT2D eigenvalue weighted by molar-refractivity contribution is 0.199. The summed E-state index contributed by atoms with van der Waals surface area (Å²) in [5.74, 6) is 0. The van der Waals surface area contributed by atoms with Crippen molar-refractivity contribution in [3.05, 3.63) is 70.9 Å². The molecule has 1 atom stereocenters. The lowest BCUT2D eigenvalue weighted by Crippen LogP contribution is -2.27. The van der Waals surface area contributed by atoms with Crippen LogP contribution in [0.3, 0.4) is 0 Å². The van der Waals surface area contributed by atoms with Crippen molar-refractivity contribution in [1.29, 1.82) is 0 Å². The number of aliphatic hydroxyl groups excluding tert-OH is 1. The van der Waals surface area contributed by atoms with Gasteiger partial charge in [0.25, 0.3) is 0 Å². The number of aryl methyl sites for hydroxylation is 2. The third kappa shape index (κ3) is 3.10. The van der Waals surface area contributed by atoms with Crippen LogP contribution in [0.2, 0.25) is 0 Å². The van der Waals surface area contributed by atoms with Gasteiger partial charge in [-0.25, -0.2) is 0 Å². The Morgan fingerprint density at radius 1 is 1.12 bits per heavy atom. The van der Waals surface area contributed by atoms with E-state index in [2.05, 4.69) is 65.0 Å². The molecule has 1 unspecified atom stereocenters. The number of hydrogen-bond donors (Lipinski definition) is 1. The maximum absolute atomic E-state index is 9.98. The molecule has 0 aliphatic carbocycles. The van der Waals surface area contributed by atoms with E-state index in [0.717, 1.165) is 38.0 Å². The zero-order chi connectivity index (χ0) is 17.4. The molecule has 0 bridgehead atoms. The van der Waals surface area contributed by atoms with Gasteiger partial charge in [0.1, 0.15) is 0 Å². The van der Waals surface area contributed by atoms with Gasteiger partial charge in [-0.3, -0.25) is 0 Å². The van der Waals surface area contributed by atoms with Crippen molar-refractivity contribution in [3.63, 3.8) is 0 Å². The summed E-state index contributed by atoms with van der Waals surface area (Å²) in [7, 11) is 2.19. The number of nitrogens with zero attached hydrogens (tertiary/aromatic N) is 2. The Morgan fingerprint density at radius 2 is 1.92 bits per heavy atom. The van der Waals surface area contributed by atoms with Gasteiger partial charge in [0, 0.05) is 42.7 Å². The third-order valence-corrected chi connectivity index (χ3v) is 5.42. The van der Waals surface area contributed by atoms with Crippen LogP contribution in [0.4, 0.5) is 0 Å². The maximum atomic E-state index is 9.98. The highest BCUT2D eigenvalue weighted by Gasteiger charge is 2.22. The number of hydrogen-bond acceptors (Lipinski definition) is 2. The van der Waals surface area contributed by atoms with Gasteiger partial charge in [0.15, 0.2) is 0 Å². The highest BCUT2D eigenvalue weighted by atomic mass is 16.3. The standard InChI is InChI=1S/C22H26N2O/c1-16(25)18-8-9-21-19(14-18)20-15-23(2)12-11-22(20)24(21)13-10-17-6-4-3-5-7-17/h3-9,14,16,25H,10-13,15H2,1-2H3. The second-order valence-electron chi connectivity index (χ2n) is 7.25. The van der Waals surface area contributed by atoms with E-state index in [-0.39, 0.29) is 0 Å². The summed E-state index contributed by atoms with van der Waals surface area (Å²) < 4.78 is 2.51. The summed E-state index contributed by atoms with van der Waals surface area (Å²) >= 11 is 0. The first-order valence-corrected chi connectivity index (χ1v) is 9.18. The number of fused-ring (bicyclic) bond motifs is 3. The summed E-state index contributed by atoms with van der Waals surface area (Å²) in [6.07, 6.45) is 1.72. The van der Waals surface area contributed by atoms with Crippen LogP contribution in [0.5, 0.6) is 0 Å². The Balaban J connectivity index is 1.77. The minimum atomic E-state index is -0.422. The summed E-state index contributed by atoms with van der Waals surface area (Å²) in [5, 5.41) is 11.3. The van der Waals surface area contributed by atoms with Crippen molar-refractivity contribution in [2.75, 3.05) is 13.6 Å². The minimum Gasteiger partial charge on any atom is -0.389 e. The van der Waals surface area contributed by atoms with Crippen molar-refractivity contribution < 1.29 is 5.11 Å². The highest BCUT2D eigenvalue weighted by Crippen LogP contribution is 2.32. The minimum absolute atomic E-state index is 0.422. The number of benzene rings is 2. The molecule has 0 fully saturated rings. The molecule has 3 nitrogen and oxygen atoms in total. The van der Waals surface area contributed by atoms with Gasteiger partial charge in [0.05, 0.1) is 6.10 Å². The molecule has 3 heteroatoms. The predicted molar refractivity (Wildman–Crippen MR) is 103 cm³/mol. The monoisotopic (exact) mass is 334 g/mol. The fourth-order valence-electron chi connectivity index (χ4n) is 4.00. The highest BCUT2D eigenvalue weighted by molar-refractivity contribution is 5.86. The molecule has 1 aliphatic heterocycles. The van der Waals surface area contributed by atoms with E-state index in [1.807, 2.05) is 6.92 Å². The van der Waals surface area contributed by atoms with Gasteiger partial charge in [-0.2, -0.15) is 0 Å². The molecular weight excluding hydrogens is 308 g/mol. The Morgan fingerprint density at radius 3 is 2.68 bits per heavy atom. The number of likely N-dealkylation sites (N-methyl/N-ethyl adjacent to an activating group) is 1. The molecule has 2 heterocycles. The second-order valence-corrected chi connectivity index (χ2v) is 7.25. The summed E-state index contributed by atoms with van der Waals surface area (Å²) in [6, 6.07) is 17.2. The number of aliphatic hydroxyl groups is 1. The van der Waals surface area contributed by atoms with Crippen LogP contribution in [-0.2, 0) is 25.9 Å². The molecule has 4 rings (SSSR count). The number of aromatic nitrogens is 1. The largest absolute Gasteiger partial charge is 0.389 e. The first-order chi connectivity index (χ1) is 12.1. The van der Waals surface area contributed by atoms with Crippen LogP contribution in [-0.4, -0.2) is 28.2 Å². The molecule has 0 saturated heterocycles. The fraction of sp³-hybridized carbons (Fsp3) is 0.364. The van der Waals surface area contributed by atoms with Crippen molar-refractivity contribution in [3.8, 4) is 0 Å². The van der Waals surface area contributed by atoms with Crippen molar-refractivity contribution >= 4 is 10.9 Å². The molecule has 1 aliphatic rings. The second kappa shape index (κ2) is 6.66. The zero-order valence-corrected chi connectivity index (χ0v) is 15.1. The zero-order valence-electron chi connectivity index (χ0n) is 15.1.